The van der Waals surface area contributed by atoms with Crippen LogP contribution in [0.3, 0.4) is 0 Å². The second kappa shape index (κ2) is 5.00. The third-order valence-electron chi connectivity index (χ3n) is 2.88. The van der Waals surface area contributed by atoms with Gasteiger partial charge >= 0.3 is 0 Å². The van der Waals surface area contributed by atoms with Gasteiger partial charge < -0.3 is 4.90 Å². The number of carbonyl (C=O) groups excluding carboxylic acids is 1. The van der Waals surface area contributed by atoms with Crippen LogP contribution < -0.4 is 0 Å². The van der Waals surface area contributed by atoms with Crippen LogP contribution in [0.1, 0.15) is 23.7 Å². The van der Waals surface area contributed by atoms with Gasteiger partial charge in [0.2, 0.25) is 0 Å². The average Bonchev–Trinajstić information content (AvgIpc) is 2.32. The fraction of sp³-hybridized carbons (Fsp3) is 0.308. The van der Waals surface area contributed by atoms with Crippen molar-refractivity contribution in [1.82, 2.24) is 4.90 Å². The highest BCUT2D eigenvalue weighted by Crippen LogP contribution is 2.21. The molecule has 1 heterocycles. The molecule has 0 spiro atoms. The van der Waals surface area contributed by atoms with E-state index in [0.717, 1.165) is 6.42 Å². The van der Waals surface area contributed by atoms with E-state index in [1.165, 1.54) is 17.7 Å². The zero-order chi connectivity index (χ0) is 12.4. The van der Waals surface area contributed by atoms with Crippen LogP contribution in [0.4, 0.5) is 4.39 Å². The van der Waals surface area contributed by atoms with Crippen LogP contribution in [0.5, 0.6) is 0 Å². The molecule has 0 saturated heterocycles. The van der Waals surface area contributed by atoms with Crippen LogP contribution in [0.2, 0.25) is 0 Å². The minimum absolute atomic E-state index is 0.125. The second-order valence-electron chi connectivity index (χ2n) is 4.18. The molecule has 2 nitrogen and oxygen atoms in total. The maximum Gasteiger partial charge on any atom is 0.255 e. The maximum atomic E-state index is 13.1. The van der Waals surface area contributed by atoms with Crippen LogP contribution >= 0.6 is 15.9 Å². The lowest BCUT2D eigenvalue weighted by atomic mass is 10.1. The summed E-state index contributed by atoms with van der Waals surface area (Å²) >= 11 is 3.28. The Hall–Kier alpha value is -1.16. The van der Waals surface area contributed by atoms with Gasteiger partial charge in [-0.2, -0.15) is 0 Å². The van der Waals surface area contributed by atoms with Gasteiger partial charge in [0.25, 0.3) is 5.91 Å². The molecule has 4 heteroatoms. The number of amides is 1. The Labute approximate surface area is 108 Å². The van der Waals surface area contributed by atoms with Crippen LogP contribution in [0.25, 0.3) is 0 Å². The number of benzene rings is 1. The molecule has 2 rings (SSSR count). The van der Waals surface area contributed by atoms with Gasteiger partial charge in [-0.15, -0.1) is 0 Å². The van der Waals surface area contributed by atoms with Crippen molar-refractivity contribution in [3.05, 3.63) is 45.7 Å². The first-order valence-corrected chi connectivity index (χ1v) is 6.27. The number of carbonyl (C=O) groups is 1. The minimum atomic E-state index is -0.389. The highest BCUT2D eigenvalue weighted by atomic mass is 79.9. The van der Waals surface area contributed by atoms with E-state index in [4.69, 9.17) is 0 Å². The van der Waals surface area contributed by atoms with Gasteiger partial charge in [0.1, 0.15) is 5.82 Å². The fourth-order valence-electron chi connectivity index (χ4n) is 1.79. The Morgan fingerprint density at radius 1 is 1.47 bits per heavy atom. The van der Waals surface area contributed by atoms with Gasteiger partial charge in [0.05, 0.1) is 5.56 Å². The standard InChI is InChI=1S/C13H13BrFNO/c1-9-4-6-16(7-5-9)13(17)11-8-10(15)2-3-12(11)14/h2-4,8H,5-7H2,1H3. The van der Waals surface area contributed by atoms with Crippen molar-refractivity contribution in [2.24, 2.45) is 0 Å². The molecule has 0 aromatic heterocycles. The summed E-state index contributed by atoms with van der Waals surface area (Å²) in [5.41, 5.74) is 1.69. The van der Waals surface area contributed by atoms with Crippen molar-refractivity contribution in [2.45, 2.75) is 13.3 Å². The van der Waals surface area contributed by atoms with Gasteiger partial charge in [-0.1, -0.05) is 11.6 Å². The van der Waals surface area contributed by atoms with E-state index in [1.54, 1.807) is 11.0 Å². The summed E-state index contributed by atoms with van der Waals surface area (Å²) in [6, 6.07) is 4.17. The average molecular weight is 298 g/mol. The number of hydrogen-bond donors (Lipinski definition) is 0. The van der Waals surface area contributed by atoms with E-state index in [1.807, 2.05) is 6.08 Å². The Kier molecular flexibility index (Phi) is 3.62. The van der Waals surface area contributed by atoms with Crippen molar-refractivity contribution in [2.75, 3.05) is 13.1 Å². The summed E-state index contributed by atoms with van der Waals surface area (Å²) in [6.45, 7) is 3.36. The van der Waals surface area contributed by atoms with Crippen LogP contribution in [-0.4, -0.2) is 23.9 Å². The first kappa shape index (κ1) is 12.3. The maximum absolute atomic E-state index is 13.1. The van der Waals surface area contributed by atoms with Crippen LogP contribution in [0.15, 0.2) is 34.3 Å². The summed E-state index contributed by atoms with van der Waals surface area (Å²) in [5.74, 6) is -0.514. The molecule has 1 aliphatic heterocycles. The van der Waals surface area contributed by atoms with Crippen molar-refractivity contribution >= 4 is 21.8 Å². The van der Waals surface area contributed by atoms with E-state index in [-0.39, 0.29) is 11.7 Å². The molecule has 1 amide bonds. The third kappa shape index (κ3) is 2.75. The lowest BCUT2D eigenvalue weighted by Gasteiger charge is -2.25. The monoisotopic (exact) mass is 297 g/mol. The Balaban J connectivity index is 2.23. The fourth-order valence-corrected chi connectivity index (χ4v) is 2.20. The second-order valence-corrected chi connectivity index (χ2v) is 5.03. The van der Waals surface area contributed by atoms with E-state index in [0.29, 0.717) is 23.1 Å². The zero-order valence-electron chi connectivity index (χ0n) is 9.54. The minimum Gasteiger partial charge on any atom is -0.335 e. The lowest BCUT2D eigenvalue weighted by Crippen LogP contribution is -2.34. The van der Waals surface area contributed by atoms with Gasteiger partial charge in [-0.05, 0) is 47.5 Å². The zero-order valence-corrected chi connectivity index (χ0v) is 11.1. The SMILES string of the molecule is CC1=CCN(C(=O)c2cc(F)ccc2Br)CC1. The van der Waals surface area contributed by atoms with Gasteiger partial charge in [-0.25, -0.2) is 4.39 Å². The molecule has 1 aromatic carbocycles. The molecular weight excluding hydrogens is 285 g/mol. The molecule has 1 aliphatic rings. The summed E-state index contributed by atoms with van der Waals surface area (Å²) in [5, 5.41) is 0. The van der Waals surface area contributed by atoms with Gasteiger partial charge in [0.15, 0.2) is 0 Å². The molecule has 1 aromatic rings. The molecular formula is C13H13BrFNO. The molecule has 0 fully saturated rings. The Morgan fingerprint density at radius 2 is 2.24 bits per heavy atom. The highest BCUT2D eigenvalue weighted by molar-refractivity contribution is 9.10. The molecule has 0 radical (unpaired) electrons. The van der Waals surface area contributed by atoms with Crippen LogP contribution in [0, 0.1) is 5.82 Å². The van der Waals surface area contributed by atoms with E-state index in [9.17, 15) is 9.18 Å². The number of rotatable bonds is 1. The van der Waals surface area contributed by atoms with E-state index < -0.39 is 0 Å². The quantitative estimate of drug-likeness (QED) is 0.728. The van der Waals surface area contributed by atoms with Crippen molar-refractivity contribution in [3.8, 4) is 0 Å². The largest absolute Gasteiger partial charge is 0.335 e. The molecule has 90 valence electrons. The summed E-state index contributed by atoms with van der Waals surface area (Å²) in [7, 11) is 0. The predicted molar refractivity (Wildman–Crippen MR) is 68.4 cm³/mol. The van der Waals surface area contributed by atoms with E-state index >= 15 is 0 Å². The molecule has 0 N–H and O–H groups in total. The van der Waals surface area contributed by atoms with Crippen LogP contribution in [-0.2, 0) is 0 Å². The Bertz CT molecular complexity index is 484. The Morgan fingerprint density at radius 3 is 2.88 bits per heavy atom. The van der Waals surface area contributed by atoms with Gasteiger partial charge in [0, 0.05) is 17.6 Å². The lowest BCUT2D eigenvalue weighted by molar-refractivity contribution is 0.0767. The van der Waals surface area contributed by atoms with E-state index in [2.05, 4.69) is 22.9 Å². The third-order valence-corrected chi connectivity index (χ3v) is 3.57. The summed E-state index contributed by atoms with van der Waals surface area (Å²) < 4.78 is 13.8. The van der Waals surface area contributed by atoms with Gasteiger partial charge in [-0.3, -0.25) is 4.79 Å². The molecule has 0 aliphatic carbocycles. The molecule has 0 unspecified atom stereocenters. The molecule has 0 saturated carbocycles. The number of nitrogens with zero attached hydrogens (tertiary/aromatic N) is 1. The summed E-state index contributed by atoms with van der Waals surface area (Å²) in [6.07, 6.45) is 2.92. The van der Waals surface area contributed by atoms with Crippen molar-refractivity contribution < 1.29 is 9.18 Å². The molecule has 17 heavy (non-hydrogen) atoms. The van der Waals surface area contributed by atoms with Crippen molar-refractivity contribution in [3.63, 3.8) is 0 Å². The first-order chi connectivity index (χ1) is 8.08. The number of hydrogen-bond acceptors (Lipinski definition) is 1. The summed E-state index contributed by atoms with van der Waals surface area (Å²) in [4.78, 5) is 13.9. The topological polar surface area (TPSA) is 20.3 Å². The highest BCUT2D eigenvalue weighted by Gasteiger charge is 2.19. The van der Waals surface area contributed by atoms with Crippen molar-refractivity contribution in [1.29, 1.82) is 0 Å². The normalized spacial score (nSPS) is 15.7. The molecule has 0 bridgehead atoms. The smallest absolute Gasteiger partial charge is 0.255 e. The number of halogens is 2. The molecule has 0 atom stereocenters. The first-order valence-electron chi connectivity index (χ1n) is 5.48. The predicted octanol–water partition coefficient (Wildman–Crippen LogP) is 3.38.